The molecular formula is C17H11ClF4O. The summed E-state index contributed by atoms with van der Waals surface area (Å²) in [5.41, 5.74) is 1.60. The zero-order chi connectivity index (χ0) is 16.8. The van der Waals surface area contributed by atoms with Gasteiger partial charge in [-0.05, 0) is 42.3 Å². The highest BCUT2D eigenvalue weighted by atomic mass is 35.5. The van der Waals surface area contributed by atoms with Crippen LogP contribution in [0.1, 0.15) is 11.1 Å². The molecule has 2 aromatic carbocycles. The fraction of sp³-hybridized carbons (Fsp3) is 0.176. The Hall–Kier alpha value is -2.01. The summed E-state index contributed by atoms with van der Waals surface area (Å²) in [4.78, 5) is 0. The van der Waals surface area contributed by atoms with Crippen LogP contribution in [0.4, 0.5) is 17.6 Å². The summed E-state index contributed by atoms with van der Waals surface area (Å²) >= 11 is 6.02. The molecule has 1 heterocycles. The quantitative estimate of drug-likeness (QED) is 0.596. The van der Waals surface area contributed by atoms with Crippen molar-refractivity contribution in [1.29, 1.82) is 0 Å². The Balaban J connectivity index is 2.14. The van der Waals surface area contributed by atoms with E-state index in [2.05, 4.69) is 0 Å². The van der Waals surface area contributed by atoms with Crippen LogP contribution in [0.25, 0.3) is 17.2 Å². The van der Waals surface area contributed by atoms with Gasteiger partial charge in [0.25, 0.3) is 0 Å². The van der Waals surface area contributed by atoms with E-state index >= 15 is 0 Å². The normalized spacial score (nSPS) is 16.9. The lowest BCUT2D eigenvalue weighted by Crippen LogP contribution is -2.34. The van der Waals surface area contributed by atoms with Gasteiger partial charge >= 0.3 is 6.18 Å². The van der Waals surface area contributed by atoms with E-state index in [-0.39, 0.29) is 5.75 Å². The minimum absolute atomic E-state index is 0.0440. The second kappa shape index (κ2) is 5.57. The summed E-state index contributed by atoms with van der Waals surface area (Å²) in [7, 11) is 0. The first-order valence-corrected chi connectivity index (χ1v) is 7.15. The number of hydrogen-bond acceptors (Lipinski definition) is 1. The first-order valence-electron chi connectivity index (χ1n) is 6.77. The minimum Gasteiger partial charge on any atom is -0.476 e. The zero-order valence-corrected chi connectivity index (χ0v) is 12.7. The maximum atomic E-state index is 13.8. The first kappa shape index (κ1) is 15.9. The molecule has 120 valence electrons. The Morgan fingerprint density at radius 1 is 1.13 bits per heavy atom. The van der Waals surface area contributed by atoms with E-state index in [1.165, 1.54) is 24.3 Å². The van der Waals surface area contributed by atoms with Crippen LogP contribution in [0, 0.1) is 12.7 Å². The smallest absolute Gasteiger partial charge is 0.429 e. The van der Waals surface area contributed by atoms with Crippen molar-refractivity contribution in [1.82, 2.24) is 0 Å². The summed E-state index contributed by atoms with van der Waals surface area (Å²) in [6.07, 6.45) is -4.32. The predicted octanol–water partition coefficient (Wildman–Crippen LogP) is 5.79. The van der Waals surface area contributed by atoms with Crippen molar-refractivity contribution < 1.29 is 22.3 Å². The highest BCUT2D eigenvalue weighted by Crippen LogP contribution is 2.42. The predicted molar refractivity (Wildman–Crippen MR) is 81.1 cm³/mol. The van der Waals surface area contributed by atoms with Gasteiger partial charge in [-0.1, -0.05) is 29.8 Å². The maximum absolute atomic E-state index is 13.8. The van der Waals surface area contributed by atoms with Crippen LogP contribution < -0.4 is 4.74 Å². The molecule has 1 aliphatic rings. The molecule has 0 fully saturated rings. The van der Waals surface area contributed by atoms with Crippen molar-refractivity contribution in [3.8, 4) is 16.9 Å². The molecule has 0 bridgehead atoms. The fourth-order valence-corrected chi connectivity index (χ4v) is 2.60. The number of rotatable bonds is 1. The third kappa shape index (κ3) is 3.06. The average molecular weight is 343 g/mol. The van der Waals surface area contributed by atoms with Gasteiger partial charge in [0.05, 0.1) is 0 Å². The van der Waals surface area contributed by atoms with Crippen LogP contribution in [-0.2, 0) is 0 Å². The number of halogens is 5. The van der Waals surface area contributed by atoms with Gasteiger partial charge in [0.2, 0.25) is 6.10 Å². The second-order valence-corrected chi connectivity index (χ2v) is 5.71. The topological polar surface area (TPSA) is 9.23 Å². The Bertz CT molecular complexity index is 796. The van der Waals surface area contributed by atoms with Crippen molar-refractivity contribution >= 4 is 17.7 Å². The molecule has 0 aromatic heterocycles. The van der Waals surface area contributed by atoms with Crippen LogP contribution in [0.2, 0.25) is 5.02 Å². The van der Waals surface area contributed by atoms with E-state index in [0.717, 1.165) is 6.08 Å². The SMILES string of the molecule is Cc1ccc(-c2cc(Cl)cc3c2O[C@@H](C(F)(F)F)C=C3)cc1F. The van der Waals surface area contributed by atoms with Crippen molar-refractivity contribution in [2.24, 2.45) is 0 Å². The highest BCUT2D eigenvalue weighted by Gasteiger charge is 2.42. The van der Waals surface area contributed by atoms with Gasteiger partial charge in [0.1, 0.15) is 11.6 Å². The van der Waals surface area contributed by atoms with Gasteiger partial charge in [-0.3, -0.25) is 0 Å². The van der Waals surface area contributed by atoms with Gasteiger partial charge in [-0.25, -0.2) is 4.39 Å². The van der Waals surface area contributed by atoms with Gasteiger partial charge in [-0.15, -0.1) is 0 Å². The van der Waals surface area contributed by atoms with Crippen molar-refractivity contribution in [3.63, 3.8) is 0 Å². The Labute approximate surface area is 135 Å². The lowest BCUT2D eigenvalue weighted by molar-refractivity contribution is -0.180. The third-order valence-electron chi connectivity index (χ3n) is 3.58. The molecule has 1 aliphatic heterocycles. The fourth-order valence-electron chi connectivity index (χ4n) is 2.38. The van der Waals surface area contributed by atoms with Gasteiger partial charge in [-0.2, -0.15) is 13.2 Å². The van der Waals surface area contributed by atoms with Crippen LogP contribution >= 0.6 is 11.6 Å². The van der Waals surface area contributed by atoms with E-state index in [9.17, 15) is 17.6 Å². The van der Waals surface area contributed by atoms with E-state index in [4.69, 9.17) is 16.3 Å². The summed E-state index contributed by atoms with van der Waals surface area (Å²) in [5, 5.41) is 0.332. The van der Waals surface area contributed by atoms with Gasteiger partial charge in [0, 0.05) is 16.1 Å². The number of alkyl halides is 3. The Morgan fingerprint density at radius 3 is 2.52 bits per heavy atom. The molecule has 0 saturated heterocycles. The Morgan fingerprint density at radius 2 is 1.87 bits per heavy atom. The second-order valence-electron chi connectivity index (χ2n) is 5.27. The number of ether oxygens (including phenoxy) is 1. The van der Waals surface area contributed by atoms with Crippen molar-refractivity contribution in [3.05, 3.63) is 58.4 Å². The number of hydrogen-bond donors (Lipinski definition) is 0. The molecular weight excluding hydrogens is 332 g/mol. The minimum atomic E-state index is -4.52. The standard InChI is InChI=1S/C17H11ClF4O/c1-9-2-3-10(7-14(9)19)13-8-12(18)6-11-4-5-15(17(20,21)22)23-16(11)13/h2-8,15H,1H3/t15-/m1/s1. The molecule has 0 spiro atoms. The summed E-state index contributed by atoms with van der Waals surface area (Å²) in [6, 6.07) is 7.41. The summed E-state index contributed by atoms with van der Waals surface area (Å²) in [6.45, 7) is 1.60. The number of fused-ring (bicyclic) bond motifs is 1. The van der Waals surface area contributed by atoms with E-state index < -0.39 is 18.1 Å². The maximum Gasteiger partial charge on any atom is 0.429 e. The van der Waals surface area contributed by atoms with Gasteiger partial charge < -0.3 is 4.74 Å². The molecule has 0 N–H and O–H groups in total. The Kier molecular flexibility index (Phi) is 3.84. The van der Waals surface area contributed by atoms with Crippen molar-refractivity contribution in [2.75, 3.05) is 0 Å². The molecule has 1 nitrogen and oxygen atoms in total. The molecule has 2 aromatic rings. The lowest BCUT2D eigenvalue weighted by atomic mass is 9.98. The van der Waals surface area contributed by atoms with E-state index in [1.807, 2.05) is 0 Å². The molecule has 0 radical (unpaired) electrons. The lowest BCUT2D eigenvalue weighted by Gasteiger charge is -2.25. The monoisotopic (exact) mass is 342 g/mol. The molecule has 0 unspecified atom stereocenters. The first-order chi connectivity index (χ1) is 10.8. The molecule has 6 heteroatoms. The van der Waals surface area contributed by atoms with Crippen LogP contribution in [-0.4, -0.2) is 12.3 Å². The molecule has 0 amide bonds. The summed E-state index contributed by atoms with van der Waals surface area (Å²) in [5.74, 6) is -0.405. The summed E-state index contributed by atoms with van der Waals surface area (Å²) < 4.78 is 57.6. The number of aryl methyl sites for hydroxylation is 1. The molecule has 23 heavy (non-hydrogen) atoms. The van der Waals surface area contributed by atoms with E-state index in [0.29, 0.717) is 27.3 Å². The molecule has 0 saturated carbocycles. The van der Waals surface area contributed by atoms with Crippen LogP contribution in [0.5, 0.6) is 5.75 Å². The van der Waals surface area contributed by atoms with Crippen LogP contribution in [0.15, 0.2) is 36.4 Å². The van der Waals surface area contributed by atoms with E-state index in [1.54, 1.807) is 19.1 Å². The third-order valence-corrected chi connectivity index (χ3v) is 3.80. The number of benzene rings is 2. The zero-order valence-electron chi connectivity index (χ0n) is 11.9. The molecule has 0 aliphatic carbocycles. The molecule has 3 rings (SSSR count). The van der Waals surface area contributed by atoms with Crippen LogP contribution in [0.3, 0.4) is 0 Å². The van der Waals surface area contributed by atoms with Crippen molar-refractivity contribution in [2.45, 2.75) is 19.2 Å². The highest BCUT2D eigenvalue weighted by molar-refractivity contribution is 6.31. The molecule has 1 atom stereocenters. The largest absolute Gasteiger partial charge is 0.476 e. The average Bonchev–Trinajstić information content (AvgIpc) is 2.47. The van der Waals surface area contributed by atoms with Gasteiger partial charge in [0.15, 0.2) is 0 Å².